The van der Waals surface area contributed by atoms with Crippen molar-refractivity contribution in [2.45, 2.75) is 26.9 Å². The molecule has 18 heavy (non-hydrogen) atoms. The Bertz CT molecular complexity index is 500. The minimum atomic E-state index is -3.37. The Hall–Kier alpha value is -0.590. The van der Waals surface area contributed by atoms with Crippen LogP contribution in [0.1, 0.15) is 19.4 Å². The molecule has 0 spiro atoms. The molecule has 0 unspecified atom stereocenters. The topological polar surface area (TPSA) is 55.4 Å². The summed E-state index contributed by atoms with van der Waals surface area (Å²) in [7, 11) is -3.37. The van der Waals surface area contributed by atoms with E-state index in [1.165, 1.54) is 0 Å². The van der Waals surface area contributed by atoms with Crippen molar-refractivity contribution in [2.75, 3.05) is 17.1 Å². The molecule has 0 saturated heterocycles. The van der Waals surface area contributed by atoms with E-state index in [-0.39, 0.29) is 18.5 Å². The molecule has 0 aliphatic carbocycles. The van der Waals surface area contributed by atoms with Crippen molar-refractivity contribution >= 4 is 31.6 Å². The first-order chi connectivity index (χ1) is 8.30. The summed E-state index contributed by atoms with van der Waals surface area (Å²) in [5.41, 5.74) is 1.47. The lowest BCUT2D eigenvalue weighted by Gasteiger charge is -2.12. The van der Waals surface area contributed by atoms with Gasteiger partial charge >= 0.3 is 0 Å². The summed E-state index contributed by atoms with van der Waals surface area (Å²) in [5.74, 6) is -0.0445. The third kappa shape index (κ3) is 5.37. The summed E-state index contributed by atoms with van der Waals surface area (Å²) in [6, 6.07) is 5.47. The second-order valence-electron chi connectivity index (χ2n) is 4.30. The fourth-order valence-electron chi connectivity index (χ4n) is 1.32. The number of benzene rings is 1. The molecule has 0 heterocycles. The van der Waals surface area contributed by atoms with E-state index in [4.69, 9.17) is 4.74 Å². The van der Waals surface area contributed by atoms with E-state index in [1.54, 1.807) is 6.07 Å². The Balaban J connectivity index is 2.67. The SMILES string of the molecule is Cc1ccc(Br)cc1NS(=O)(=O)CCOC(C)C. The molecule has 102 valence electrons. The molecule has 1 rings (SSSR count). The largest absolute Gasteiger partial charge is 0.378 e. The lowest BCUT2D eigenvalue weighted by Crippen LogP contribution is -2.22. The van der Waals surface area contributed by atoms with Gasteiger partial charge in [-0.05, 0) is 38.5 Å². The van der Waals surface area contributed by atoms with Gasteiger partial charge in [-0.3, -0.25) is 4.72 Å². The average molecular weight is 336 g/mol. The van der Waals surface area contributed by atoms with Crippen LogP contribution in [0.15, 0.2) is 22.7 Å². The van der Waals surface area contributed by atoms with Crippen LogP contribution in [0.25, 0.3) is 0 Å². The summed E-state index contributed by atoms with van der Waals surface area (Å²) in [5, 5.41) is 0. The van der Waals surface area contributed by atoms with Crippen LogP contribution < -0.4 is 4.72 Å². The summed E-state index contributed by atoms with van der Waals surface area (Å²) in [6.45, 7) is 5.80. The Morgan fingerprint density at radius 2 is 2.06 bits per heavy atom. The fraction of sp³-hybridized carbons (Fsp3) is 0.500. The highest BCUT2D eigenvalue weighted by Crippen LogP contribution is 2.21. The minimum absolute atomic E-state index is 0.0350. The number of anilines is 1. The maximum atomic E-state index is 11.8. The van der Waals surface area contributed by atoms with E-state index in [0.29, 0.717) is 5.69 Å². The Morgan fingerprint density at radius 3 is 2.67 bits per heavy atom. The first kappa shape index (κ1) is 15.5. The predicted molar refractivity (Wildman–Crippen MR) is 77.4 cm³/mol. The van der Waals surface area contributed by atoms with Crippen molar-refractivity contribution < 1.29 is 13.2 Å². The first-order valence-corrected chi connectivity index (χ1v) is 8.13. The van der Waals surface area contributed by atoms with Gasteiger partial charge in [0.25, 0.3) is 0 Å². The minimum Gasteiger partial charge on any atom is -0.378 e. The second-order valence-corrected chi connectivity index (χ2v) is 7.06. The standard InChI is InChI=1S/C12H18BrNO3S/c1-9(2)17-6-7-18(15,16)14-12-8-11(13)5-4-10(12)3/h4-5,8-9,14H,6-7H2,1-3H3. The number of nitrogens with one attached hydrogen (secondary N) is 1. The molecule has 0 aromatic heterocycles. The molecule has 6 heteroatoms. The number of hydrogen-bond donors (Lipinski definition) is 1. The van der Waals surface area contributed by atoms with Gasteiger partial charge in [-0.2, -0.15) is 0 Å². The Labute approximate surface area is 117 Å². The van der Waals surface area contributed by atoms with Crippen LogP contribution in [0.5, 0.6) is 0 Å². The monoisotopic (exact) mass is 335 g/mol. The van der Waals surface area contributed by atoms with Crippen LogP contribution in [-0.2, 0) is 14.8 Å². The average Bonchev–Trinajstić information content (AvgIpc) is 2.22. The van der Waals surface area contributed by atoms with E-state index in [1.807, 2.05) is 32.9 Å². The second kappa shape index (κ2) is 6.54. The van der Waals surface area contributed by atoms with Gasteiger partial charge in [0.15, 0.2) is 0 Å². The number of hydrogen-bond acceptors (Lipinski definition) is 3. The molecule has 0 atom stereocenters. The third-order valence-corrected chi connectivity index (χ3v) is 4.00. The van der Waals surface area contributed by atoms with Gasteiger partial charge in [0, 0.05) is 4.47 Å². The summed E-state index contributed by atoms with van der Waals surface area (Å²) in [6.07, 6.45) is 0.0350. The Kier molecular flexibility index (Phi) is 5.62. The molecule has 0 radical (unpaired) electrons. The van der Waals surface area contributed by atoms with E-state index in [0.717, 1.165) is 10.0 Å². The van der Waals surface area contributed by atoms with E-state index in [9.17, 15) is 8.42 Å². The quantitative estimate of drug-likeness (QED) is 0.869. The zero-order valence-electron chi connectivity index (χ0n) is 10.7. The summed E-state index contributed by atoms with van der Waals surface area (Å²) < 4.78 is 32.3. The van der Waals surface area contributed by atoms with Gasteiger partial charge in [-0.15, -0.1) is 0 Å². The highest BCUT2D eigenvalue weighted by molar-refractivity contribution is 9.10. The molecular weight excluding hydrogens is 318 g/mol. The van der Waals surface area contributed by atoms with Crippen molar-refractivity contribution in [1.82, 2.24) is 0 Å². The van der Waals surface area contributed by atoms with Gasteiger partial charge in [-0.25, -0.2) is 8.42 Å². The molecule has 0 aliphatic rings. The van der Waals surface area contributed by atoms with Crippen LogP contribution >= 0.6 is 15.9 Å². The van der Waals surface area contributed by atoms with Crippen LogP contribution in [0.2, 0.25) is 0 Å². The van der Waals surface area contributed by atoms with Gasteiger partial charge in [-0.1, -0.05) is 22.0 Å². The van der Waals surface area contributed by atoms with Crippen molar-refractivity contribution in [3.05, 3.63) is 28.2 Å². The van der Waals surface area contributed by atoms with Gasteiger partial charge < -0.3 is 4.74 Å². The third-order valence-electron chi connectivity index (χ3n) is 2.27. The fourth-order valence-corrected chi connectivity index (χ4v) is 2.65. The highest BCUT2D eigenvalue weighted by Gasteiger charge is 2.12. The highest BCUT2D eigenvalue weighted by atomic mass is 79.9. The number of ether oxygens (including phenoxy) is 1. The van der Waals surface area contributed by atoms with E-state index >= 15 is 0 Å². The normalized spacial score (nSPS) is 11.8. The number of rotatable bonds is 6. The maximum absolute atomic E-state index is 11.8. The van der Waals surface area contributed by atoms with Gasteiger partial charge in [0.05, 0.1) is 24.2 Å². The van der Waals surface area contributed by atoms with Crippen LogP contribution in [0, 0.1) is 6.92 Å². The Morgan fingerprint density at radius 1 is 1.39 bits per heavy atom. The predicted octanol–water partition coefficient (Wildman–Crippen LogP) is 2.92. The smallest absolute Gasteiger partial charge is 0.235 e. The van der Waals surface area contributed by atoms with Crippen LogP contribution in [0.4, 0.5) is 5.69 Å². The van der Waals surface area contributed by atoms with Crippen molar-refractivity contribution in [3.63, 3.8) is 0 Å². The van der Waals surface area contributed by atoms with Crippen LogP contribution in [0.3, 0.4) is 0 Å². The summed E-state index contributed by atoms with van der Waals surface area (Å²) in [4.78, 5) is 0. The first-order valence-electron chi connectivity index (χ1n) is 5.68. The molecule has 0 fully saturated rings. The molecule has 4 nitrogen and oxygen atoms in total. The van der Waals surface area contributed by atoms with E-state index < -0.39 is 10.0 Å². The molecule has 0 bridgehead atoms. The lowest BCUT2D eigenvalue weighted by molar-refractivity contribution is 0.0913. The van der Waals surface area contributed by atoms with Crippen molar-refractivity contribution in [2.24, 2.45) is 0 Å². The molecular formula is C12H18BrNO3S. The van der Waals surface area contributed by atoms with Crippen LogP contribution in [-0.4, -0.2) is 26.9 Å². The van der Waals surface area contributed by atoms with Gasteiger partial charge in [0.1, 0.15) is 0 Å². The molecule has 0 aliphatic heterocycles. The number of aryl methyl sites for hydroxylation is 1. The maximum Gasteiger partial charge on any atom is 0.235 e. The molecule has 0 saturated carbocycles. The lowest BCUT2D eigenvalue weighted by atomic mass is 10.2. The summed E-state index contributed by atoms with van der Waals surface area (Å²) >= 11 is 3.32. The van der Waals surface area contributed by atoms with Crippen molar-refractivity contribution in [1.29, 1.82) is 0 Å². The molecule has 1 N–H and O–H groups in total. The van der Waals surface area contributed by atoms with E-state index in [2.05, 4.69) is 20.7 Å². The number of halogens is 1. The zero-order valence-corrected chi connectivity index (χ0v) is 13.1. The van der Waals surface area contributed by atoms with Crippen molar-refractivity contribution in [3.8, 4) is 0 Å². The zero-order chi connectivity index (χ0) is 13.8. The molecule has 1 aromatic rings. The number of sulfonamides is 1. The van der Waals surface area contributed by atoms with Gasteiger partial charge in [0.2, 0.25) is 10.0 Å². The molecule has 0 amide bonds. The molecule has 1 aromatic carbocycles.